The summed E-state index contributed by atoms with van der Waals surface area (Å²) >= 11 is 0. The Hall–Kier alpha value is -0.870. The molecule has 0 heterocycles. The summed E-state index contributed by atoms with van der Waals surface area (Å²) in [5.74, 6) is 0.611. The standard InChI is InChI=1S/C16H26O3S/c1-10(2)7-13-8-14(11(3)4)16(20(17,18)19)15(9-13)12(5)6/h8-12H,7H2,1-6H3,(H,17,18,19). The van der Waals surface area contributed by atoms with Crippen LogP contribution in [0, 0.1) is 5.92 Å². The van der Waals surface area contributed by atoms with Gasteiger partial charge in [0, 0.05) is 0 Å². The third-order valence-electron chi connectivity index (χ3n) is 3.35. The van der Waals surface area contributed by atoms with Gasteiger partial charge >= 0.3 is 0 Å². The van der Waals surface area contributed by atoms with Crippen LogP contribution in [-0.4, -0.2) is 13.0 Å². The Morgan fingerprint density at radius 3 is 1.60 bits per heavy atom. The molecule has 0 spiro atoms. The van der Waals surface area contributed by atoms with E-state index in [1.54, 1.807) is 0 Å². The van der Waals surface area contributed by atoms with Gasteiger partial charge in [-0.05, 0) is 40.9 Å². The Morgan fingerprint density at radius 2 is 1.35 bits per heavy atom. The Morgan fingerprint density at radius 1 is 0.950 bits per heavy atom. The maximum Gasteiger partial charge on any atom is 0.295 e. The van der Waals surface area contributed by atoms with Crippen LogP contribution in [0.5, 0.6) is 0 Å². The molecule has 0 aliphatic heterocycles. The van der Waals surface area contributed by atoms with Gasteiger partial charge in [0.2, 0.25) is 0 Å². The Kier molecular flexibility index (Phi) is 5.39. The van der Waals surface area contributed by atoms with Gasteiger partial charge in [0.05, 0.1) is 0 Å². The Balaban J connectivity index is 3.64. The summed E-state index contributed by atoms with van der Waals surface area (Å²) < 4.78 is 33.1. The summed E-state index contributed by atoms with van der Waals surface area (Å²) in [6, 6.07) is 3.86. The topological polar surface area (TPSA) is 54.4 Å². The van der Waals surface area contributed by atoms with Gasteiger partial charge in [-0.3, -0.25) is 4.55 Å². The van der Waals surface area contributed by atoms with Crippen LogP contribution in [0.4, 0.5) is 0 Å². The highest BCUT2D eigenvalue weighted by atomic mass is 32.2. The SMILES string of the molecule is CC(C)Cc1cc(C(C)C)c(S(=O)(=O)O)c(C(C)C)c1. The molecule has 0 aliphatic carbocycles. The molecule has 0 atom stereocenters. The smallest absolute Gasteiger partial charge is 0.282 e. The van der Waals surface area contributed by atoms with Gasteiger partial charge in [-0.1, -0.05) is 53.7 Å². The monoisotopic (exact) mass is 298 g/mol. The summed E-state index contributed by atoms with van der Waals surface area (Å²) in [5, 5.41) is 0. The van der Waals surface area contributed by atoms with E-state index in [9.17, 15) is 13.0 Å². The van der Waals surface area contributed by atoms with Crippen molar-refractivity contribution in [3.05, 3.63) is 28.8 Å². The summed E-state index contributed by atoms with van der Waals surface area (Å²) in [4.78, 5) is 0.106. The first-order valence-electron chi connectivity index (χ1n) is 7.18. The molecule has 20 heavy (non-hydrogen) atoms. The Labute approximate surface area is 123 Å². The predicted octanol–water partition coefficient (Wildman–Crippen LogP) is 4.38. The predicted molar refractivity (Wildman–Crippen MR) is 83.0 cm³/mol. The average molecular weight is 298 g/mol. The molecule has 0 radical (unpaired) electrons. The second-order valence-electron chi connectivity index (χ2n) is 6.49. The fourth-order valence-electron chi connectivity index (χ4n) is 2.48. The molecule has 114 valence electrons. The van der Waals surface area contributed by atoms with Crippen molar-refractivity contribution in [2.45, 2.75) is 64.7 Å². The molecule has 0 unspecified atom stereocenters. The maximum atomic E-state index is 11.8. The zero-order valence-electron chi connectivity index (χ0n) is 13.3. The van der Waals surface area contributed by atoms with Gasteiger partial charge in [0.15, 0.2) is 0 Å². The molecular weight excluding hydrogens is 272 g/mol. The third kappa shape index (κ3) is 4.06. The van der Waals surface area contributed by atoms with Crippen LogP contribution >= 0.6 is 0 Å². The van der Waals surface area contributed by atoms with E-state index in [-0.39, 0.29) is 16.7 Å². The number of hydrogen-bond donors (Lipinski definition) is 1. The van der Waals surface area contributed by atoms with Crippen molar-refractivity contribution < 1.29 is 13.0 Å². The first kappa shape index (κ1) is 17.2. The quantitative estimate of drug-likeness (QED) is 0.821. The van der Waals surface area contributed by atoms with Crippen molar-refractivity contribution >= 4 is 10.1 Å². The second-order valence-corrected chi connectivity index (χ2v) is 7.84. The fraction of sp³-hybridized carbons (Fsp3) is 0.625. The molecule has 0 aromatic heterocycles. The van der Waals surface area contributed by atoms with Crippen LogP contribution in [0.1, 0.15) is 70.1 Å². The zero-order chi connectivity index (χ0) is 15.7. The van der Waals surface area contributed by atoms with Gasteiger partial charge in [0.25, 0.3) is 10.1 Å². The van der Waals surface area contributed by atoms with Crippen molar-refractivity contribution in [1.82, 2.24) is 0 Å². The number of hydrogen-bond acceptors (Lipinski definition) is 2. The molecule has 0 fully saturated rings. The first-order valence-corrected chi connectivity index (χ1v) is 8.62. The minimum atomic E-state index is -4.20. The molecule has 1 rings (SSSR count). The van der Waals surface area contributed by atoms with E-state index in [0.717, 1.165) is 12.0 Å². The van der Waals surface area contributed by atoms with Crippen LogP contribution in [0.2, 0.25) is 0 Å². The highest BCUT2D eigenvalue weighted by Gasteiger charge is 2.24. The third-order valence-corrected chi connectivity index (χ3v) is 4.34. The van der Waals surface area contributed by atoms with Crippen molar-refractivity contribution in [3.8, 4) is 0 Å². The largest absolute Gasteiger partial charge is 0.295 e. The molecule has 0 saturated carbocycles. The highest BCUT2D eigenvalue weighted by Crippen LogP contribution is 2.33. The highest BCUT2D eigenvalue weighted by molar-refractivity contribution is 7.86. The lowest BCUT2D eigenvalue weighted by Gasteiger charge is -2.20. The van der Waals surface area contributed by atoms with E-state index >= 15 is 0 Å². The molecule has 4 heteroatoms. The fourth-order valence-corrected chi connectivity index (χ4v) is 3.67. The first-order chi connectivity index (χ1) is 9.04. The summed E-state index contributed by atoms with van der Waals surface area (Å²) in [7, 11) is -4.20. The van der Waals surface area contributed by atoms with E-state index in [4.69, 9.17) is 0 Å². The van der Waals surface area contributed by atoms with E-state index in [1.807, 2.05) is 39.8 Å². The molecule has 0 bridgehead atoms. The summed E-state index contributed by atoms with van der Waals surface area (Å²) in [6.45, 7) is 12.1. The van der Waals surface area contributed by atoms with Gasteiger partial charge in [-0.25, -0.2) is 0 Å². The van der Waals surface area contributed by atoms with Gasteiger partial charge in [-0.2, -0.15) is 8.42 Å². The van der Waals surface area contributed by atoms with E-state index in [1.165, 1.54) is 0 Å². The molecule has 0 amide bonds. The Bertz CT molecular complexity index is 540. The molecule has 0 aliphatic rings. The maximum absolute atomic E-state index is 11.8. The van der Waals surface area contributed by atoms with Crippen molar-refractivity contribution in [2.24, 2.45) is 5.92 Å². The van der Waals surface area contributed by atoms with E-state index in [2.05, 4.69) is 13.8 Å². The van der Waals surface area contributed by atoms with Crippen LogP contribution in [0.15, 0.2) is 17.0 Å². The van der Waals surface area contributed by atoms with Gasteiger partial charge in [-0.15, -0.1) is 0 Å². The lowest BCUT2D eigenvalue weighted by Crippen LogP contribution is -2.11. The van der Waals surface area contributed by atoms with Crippen LogP contribution in [0.25, 0.3) is 0 Å². The summed E-state index contributed by atoms with van der Waals surface area (Å²) in [6.07, 6.45) is 0.908. The molecular formula is C16H26O3S. The summed E-state index contributed by atoms with van der Waals surface area (Å²) in [5.41, 5.74) is 2.57. The minimum Gasteiger partial charge on any atom is -0.282 e. The van der Waals surface area contributed by atoms with Crippen LogP contribution < -0.4 is 0 Å². The van der Waals surface area contributed by atoms with Crippen molar-refractivity contribution in [3.63, 3.8) is 0 Å². The second kappa shape index (κ2) is 6.27. The molecule has 1 aromatic rings. The van der Waals surface area contributed by atoms with Crippen molar-refractivity contribution in [2.75, 3.05) is 0 Å². The molecule has 1 aromatic carbocycles. The average Bonchev–Trinajstić information content (AvgIpc) is 2.25. The van der Waals surface area contributed by atoms with E-state index < -0.39 is 10.1 Å². The number of rotatable bonds is 5. The molecule has 1 N–H and O–H groups in total. The lowest BCUT2D eigenvalue weighted by molar-refractivity contribution is 0.479. The van der Waals surface area contributed by atoms with Gasteiger partial charge in [0.1, 0.15) is 4.90 Å². The number of benzene rings is 1. The minimum absolute atomic E-state index is 0.0523. The van der Waals surface area contributed by atoms with Crippen LogP contribution in [-0.2, 0) is 16.5 Å². The molecule has 0 saturated heterocycles. The van der Waals surface area contributed by atoms with Gasteiger partial charge < -0.3 is 0 Å². The molecule has 3 nitrogen and oxygen atoms in total. The lowest BCUT2D eigenvalue weighted by atomic mass is 9.90. The van der Waals surface area contributed by atoms with Crippen LogP contribution in [0.3, 0.4) is 0 Å². The normalized spacial score (nSPS) is 12.7. The van der Waals surface area contributed by atoms with E-state index in [0.29, 0.717) is 17.0 Å². The van der Waals surface area contributed by atoms with Crippen molar-refractivity contribution in [1.29, 1.82) is 0 Å². The zero-order valence-corrected chi connectivity index (χ0v) is 14.1.